The second-order valence-corrected chi connectivity index (χ2v) is 3.73. The minimum absolute atomic E-state index is 0.481. The molecule has 2 rings (SSSR count). The number of ether oxygens (including phenoxy) is 1. The Balaban J connectivity index is 2.43. The highest BCUT2D eigenvalue weighted by Crippen LogP contribution is 2.31. The van der Waals surface area contributed by atoms with Crippen molar-refractivity contribution in [3.8, 4) is 17.0 Å². The van der Waals surface area contributed by atoms with Crippen LogP contribution in [0.5, 0.6) is 5.75 Å². The van der Waals surface area contributed by atoms with Crippen LogP contribution in [-0.4, -0.2) is 22.9 Å². The number of aromatic nitrogens is 2. The van der Waals surface area contributed by atoms with E-state index < -0.39 is 0 Å². The maximum absolute atomic E-state index is 5.80. The molecule has 0 unspecified atom stereocenters. The second kappa shape index (κ2) is 4.88. The largest absolute Gasteiger partial charge is 0.492 e. The molecule has 0 amide bonds. The molecule has 1 heterocycles. The maximum atomic E-state index is 5.80. The minimum atomic E-state index is 0.481. The summed E-state index contributed by atoms with van der Waals surface area (Å²) in [4.78, 5) is 0. The average molecular weight is 232 g/mol. The minimum Gasteiger partial charge on any atom is -0.492 e. The van der Waals surface area contributed by atoms with Crippen LogP contribution in [0.25, 0.3) is 11.3 Å². The van der Waals surface area contributed by atoms with E-state index in [1.54, 1.807) is 10.9 Å². The van der Waals surface area contributed by atoms with Crippen LogP contribution in [0.1, 0.15) is 0 Å². The first kappa shape index (κ1) is 11.5. The third kappa shape index (κ3) is 2.39. The van der Waals surface area contributed by atoms with Crippen molar-refractivity contribution in [1.29, 1.82) is 0 Å². The van der Waals surface area contributed by atoms with E-state index in [-0.39, 0.29) is 0 Å². The van der Waals surface area contributed by atoms with Crippen LogP contribution in [0.3, 0.4) is 0 Å². The van der Waals surface area contributed by atoms with E-state index in [1.807, 2.05) is 31.3 Å². The Bertz CT molecular complexity index is 507. The summed E-state index contributed by atoms with van der Waals surface area (Å²) < 4.78 is 7.38. The van der Waals surface area contributed by atoms with Gasteiger partial charge in [-0.3, -0.25) is 4.68 Å². The summed E-state index contributed by atoms with van der Waals surface area (Å²) in [5.41, 5.74) is 13.8. The Morgan fingerprint density at radius 1 is 1.35 bits per heavy atom. The molecule has 0 aliphatic carbocycles. The smallest absolute Gasteiger partial charge is 0.128 e. The van der Waals surface area contributed by atoms with Gasteiger partial charge in [-0.2, -0.15) is 5.10 Å². The highest BCUT2D eigenvalue weighted by Gasteiger charge is 2.10. The molecule has 0 aliphatic rings. The summed E-state index contributed by atoms with van der Waals surface area (Å²) in [6.45, 7) is 0.962. The fourth-order valence-corrected chi connectivity index (χ4v) is 1.68. The van der Waals surface area contributed by atoms with Crippen molar-refractivity contribution < 1.29 is 4.74 Å². The number of nitrogens with zero attached hydrogens (tertiary/aromatic N) is 2. The van der Waals surface area contributed by atoms with E-state index in [0.29, 0.717) is 18.8 Å². The molecule has 5 nitrogen and oxygen atoms in total. The lowest BCUT2D eigenvalue weighted by atomic mass is 10.1. The standard InChI is InChI=1S/C12H16N4O/c1-16-11(4-6-15-16)10-8-9(14)2-3-12(10)17-7-5-13/h2-4,6,8H,5,7,13-14H2,1H3. The van der Waals surface area contributed by atoms with Crippen molar-refractivity contribution in [2.45, 2.75) is 0 Å². The van der Waals surface area contributed by atoms with Crippen LogP contribution in [0, 0.1) is 0 Å². The van der Waals surface area contributed by atoms with Crippen LogP contribution < -0.4 is 16.2 Å². The average Bonchev–Trinajstić information content (AvgIpc) is 2.74. The summed E-state index contributed by atoms with van der Waals surface area (Å²) in [6, 6.07) is 7.46. The molecule has 1 aromatic heterocycles. The molecule has 0 radical (unpaired) electrons. The van der Waals surface area contributed by atoms with Crippen molar-refractivity contribution in [2.24, 2.45) is 12.8 Å². The molecule has 5 heteroatoms. The molecular weight excluding hydrogens is 216 g/mol. The zero-order valence-corrected chi connectivity index (χ0v) is 9.76. The van der Waals surface area contributed by atoms with E-state index in [1.165, 1.54) is 0 Å². The zero-order valence-electron chi connectivity index (χ0n) is 9.76. The monoisotopic (exact) mass is 232 g/mol. The lowest BCUT2D eigenvalue weighted by Gasteiger charge is -2.11. The Hall–Kier alpha value is -2.01. The Labute approximate surface area is 100.0 Å². The molecule has 0 aliphatic heterocycles. The number of aryl methyl sites for hydroxylation is 1. The third-order valence-corrected chi connectivity index (χ3v) is 2.48. The van der Waals surface area contributed by atoms with E-state index in [0.717, 1.165) is 17.0 Å². The Morgan fingerprint density at radius 3 is 2.82 bits per heavy atom. The SMILES string of the molecule is Cn1nccc1-c1cc(N)ccc1OCCN. The van der Waals surface area contributed by atoms with E-state index in [9.17, 15) is 0 Å². The third-order valence-electron chi connectivity index (χ3n) is 2.48. The van der Waals surface area contributed by atoms with E-state index in [4.69, 9.17) is 16.2 Å². The first-order valence-corrected chi connectivity index (χ1v) is 5.43. The number of nitrogens with two attached hydrogens (primary N) is 2. The molecule has 2 aromatic rings. The van der Waals surface area contributed by atoms with Crippen LogP contribution in [-0.2, 0) is 7.05 Å². The van der Waals surface area contributed by atoms with Crippen LogP contribution in [0.15, 0.2) is 30.5 Å². The number of hydrogen-bond donors (Lipinski definition) is 2. The van der Waals surface area contributed by atoms with Gasteiger partial charge in [0.05, 0.1) is 5.69 Å². The van der Waals surface area contributed by atoms with E-state index in [2.05, 4.69) is 5.10 Å². The quantitative estimate of drug-likeness (QED) is 0.771. The predicted octanol–water partition coefficient (Wildman–Crippen LogP) is 1.01. The Morgan fingerprint density at radius 2 is 2.18 bits per heavy atom. The van der Waals surface area contributed by atoms with Crippen molar-refractivity contribution in [2.75, 3.05) is 18.9 Å². The van der Waals surface area contributed by atoms with Gasteiger partial charge < -0.3 is 16.2 Å². The lowest BCUT2D eigenvalue weighted by Crippen LogP contribution is -2.11. The van der Waals surface area contributed by atoms with Gasteiger partial charge in [-0.15, -0.1) is 0 Å². The van der Waals surface area contributed by atoms with Crippen molar-refractivity contribution in [1.82, 2.24) is 9.78 Å². The highest BCUT2D eigenvalue weighted by atomic mass is 16.5. The molecule has 0 fully saturated rings. The molecule has 0 saturated carbocycles. The van der Waals surface area contributed by atoms with E-state index >= 15 is 0 Å². The number of hydrogen-bond acceptors (Lipinski definition) is 4. The molecule has 17 heavy (non-hydrogen) atoms. The molecule has 0 spiro atoms. The highest BCUT2D eigenvalue weighted by molar-refractivity contribution is 5.71. The predicted molar refractivity (Wildman–Crippen MR) is 67.6 cm³/mol. The van der Waals surface area contributed by atoms with Gasteiger partial charge in [0.15, 0.2) is 0 Å². The summed E-state index contributed by atoms with van der Waals surface area (Å²) in [7, 11) is 1.88. The summed E-state index contributed by atoms with van der Waals surface area (Å²) >= 11 is 0. The number of rotatable bonds is 4. The molecule has 90 valence electrons. The molecule has 1 aromatic carbocycles. The Kier molecular flexibility index (Phi) is 3.30. The summed E-state index contributed by atoms with van der Waals surface area (Å²) in [5.74, 6) is 0.772. The molecule has 0 bridgehead atoms. The van der Waals surface area contributed by atoms with Gasteiger partial charge in [0.1, 0.15) is 12.4 Å². The van der Waals surface area contributed by atoms with Crippen molar-refractivity contribution in [3.63, 3.8) is 0 Å². The van der Waals surface area contributed by atoms with Gasteiger partial charge in [-0.05, 0) is 24.3 Å². The van der Waals surface area contributed by atoms with Crippen LogP contribution >= 0.6 is 0 Å². The fraction of sp³-hybridized carbons (Fsp3) is 0.250. The molecular formula is C12H16N4O. The fourth-order valence-electron chi connectivity index (χ4n) is 1.68. The van der Waals surface area contributed by atoms with Gasteiger partial charge in [0, 0.05) is 31.0 Å². The van der Waals surface area contributed by atoms with Gasteiger partial charge in [-0.25, -0.2) is 0 Å². The number of nitrogen functional groups attached to an aromatic ring is 1. The zero-order chi connectivity index (χ0) is 12.3. The summed E-state index contributed by atoms with van der Waals surface area (Å²) in [5, 5.41) is 4.14. The van der Waals surface area contributed by atoms with Crippen LogP contribution in [0.4, 0.5) is 5.69 Å². The van der Waals surface area contributed by atoms with Crippen molar-refractivity contribution in [3.05, 3.63) is 30.5 Å². The van der Waals surface area contributed by atoms with Gasteiger partial charge in [-0.1, -0.05) is 0 Å². The second-order valence-electron chi connectivity index (χ2n) is 3.73. The van der Waals surface area contributed by atoms with Gasteiger partial charge in [0.25, 0.3) is 0 Å². The topological polar surface area (TPSA) is 79.1 Å². The summed E-state index contributed by atoms with van der Waals surface area (Å²) in [6.07, 6.45) is 1.74. The first-order valence-electron chi connectivity index (χ1n) is 5.43. The number of anilines is 1. The van der Waals surface area contributed by atoms with Gasteiger partial charge in [0.2, 0.25) is 0 Å². The molecule has 0 saturated heterocycles. The molecule has 0 atom stereocenters. The van der Waals surface area contributed by atoms with Crippen LogP contribution in [0.2, 0.25) is 0 Å². The maximum Gasteiger partial charge on any atom is 0.128 e. The van der Waals surface area contributed by atoms with Gasteiger partial charge >= 0.3 is 0 Å². The lowest BCUT2D eigenvalue weighted by molar-refractivity contribution is 0.329. The normalized spacial score (nSPS) is 10.5. The molecule has 4 N–H and O–H groups in total. The number of benzene rings is 1. The first-order chi connectivity index (χ1) is 8.22. The van der Waals surface area contributed by atoms with Crippen molar-refractivity contribution >= 4 is 5.69 Å².